The van der Waals surface area contributed by atoms with E-state index in [2.05, 4.69) is 32.0 Å². The van der Waals surface area contributed by atoms with E-state index in [0.717, 1.165) is 5.75 Å². The lowest BCUT2D eigenvalue weighted by atomic mass is 10.1. The number of rotatable bonds is 3. The van der Waals surface area contributed by atoms with E-state index in [1.54, 1.807) is 0 Å². The van der Waals surface area contributed by atoms with E-state index in [4.69, 9.17) is 4.74 Å². The normalized spacial score (nSPS) is 10.1. The van der Waals surface area contributed by atoms with Crippen LogP contribution in [0.15, 0.2) is 48.5 Å². The van der Waals surface area contributed by atoms with E-state index in [-0.39, 0.29) is 0 Å². The maximum Gasteiger partial charge on any atom is 0.119 e. The van der Waals surface area contributed by atoms with Crippen LogP contribution in [0.5, 0.6) is 5.75 Å². The summed E-state index contributed by atoms with van der Waals surface area (Å²) in [5, 5.41) is 0. The molecule has 82 valence electrons. The lowest BCUT2D eigenvalue weighted by Gasteiger charge is -2.09. The van der Waals surface area contributed by atoms with Crippen molar-refractivity contribution >= 4 is 0 Å². The molecule has 0 bridgehead atoms. The Balaban J connectivity index is 2.05. The molecule has 0 heterocycles. The number of para-hydroxylation sites is 1. The van der Waals surface area contributed by atoms with Crippen LogP contribution in [0.4, 0.5) is 0 Å². The van der Waals surface area contributed by atoms with Crippen LogP contribution in [0.25, 0.3) is 0 Å². The predicted molar refractivity (Wildman–Crippen MR) is 66.7 cm³/mol. The summed E-state index contributed by atoms with van der Waals surface area (Å²) >= 11 is 0. The smallest absolute Gasteiger partial charge is 0.119 e. The molecule has 0 aliphatic rings. The second-order valence-electron chi connectivity index (χ2n) is 4.03. The molecule has 0 fully saturated rings. The fourth-order valence-electron chi connectivity index (χ4n) is 1.69. The average Bonchev–Trinajstić information content (AvgIpc) is 2.29. The summed E-state index contributed by atoms with van der Waals surface area (Å²) in [5.74, 6) is 0.919. The average molecular weight is 212 g/mol. The molecule has 1 heteroatoms. The van der Waals surface area contributed by atoms with Gasteiger partial charge in [0.2, 0.25) is 0 Å². The van der Waals surface area contributed by atoms with Gasteiger partial charge < -0.3 is 4.74 Å². The van der Waals surface area contributed by atoms with Crippen LogP contribution in [0, 0.1) is 13.8 Å². The van der Waals surface area contributed by atoms with Crippen LogP contribution in [-0.2, 0) is 6.61 Å². The molecule has 0 saturated heterocycles. The van der Waals surface area contributed by atoms with E-state index in [0.29, 0.717) is 6.61 Å². The molecular weight excluding hydrogens is 196 g/mol. The first kappa shape index (κ1) is 10.7. The van der Waals surface area contributed by atoms with E-state index < -0.39 is 0 Å². The minimum absolute atomic E-state index is 0.635. The summed E-state index contributed by atoms with van der Waals surface area (Å²) in [7, 11) is 0. The van der Waals surface area contributed by atoms with Gasteiger partial charge in [-0.25, -0.2) is 0 Å². The van der Waals surface area contributed by atoms with Gasteiger partial charge in [0.25, 0.3) is 0 Å². The minimum atomic E-state index is 0.635. The predicted octanol–water partition coefficient (Wildman–Crippen LogP) is 3.88. The van der Waals surface area contributed by atoms with E-state index in [1.807, 2.05) is 30.3 Å². The Morgan fingerprint density at radius 3 is 2.38 bits per heavy atom. The quantitative estimate of drug-likeness (QED) is 0.750. The molecule has 0 amide bonds. The van der Waals surface area contributed by atoms with Crippen molar-refractivity contribution in [2.45, 2.75) is 20.5 Å². The summed E-state index contributed by atoms with van der Waals surface area (Å²) in [6.45, 7) is 4.86. The first-order valence-corrected chi connectivity index (χ1v) is 5.50. The van der Waals surface area contributed by atoms with Gasteiger partial charge in [-0.1, -0.05) is 42.0 Å². The van der Waals surface area contributed by atoms with Gasteiger partial charge >= 0.3 is 0 Å². The molecule has 0 N–H and O–H groups in total. The molecule has 0 radical (unpaired) electrons. The Bertz CT molecular complexity index is 460. The van der Waals surface area contributed by atoms with Crippen molar-refractivity contribution in [2.24, 2.45) is 0 Å². The van der Waals surface area contributed by atoms with E-state index >= 15 is 0 Å². The first-order chi connectivity index (χ1) is 7.75. The maximum absolute atomic E-state index is 5.71. The molecule has 0 unspecified atom stereocenters. The third kappa shape index (κ3) is 2.63. The molecule has 0 aliphatic carbocycles. The maximum atomic E-state index is 5.71. The van der Waals surface area contributed by atoms with Crippen LogP contribution in [0.2, 0.25) is 0 Å². The zero-order valence-corrected chi connectivity index (χ0v) is 9.73. The van der Waals surface area contributed by atoms with Gasteiger partial charge in [0, 0.05) is 0 Å². The standard InChI is InChI=1S/C15H16O/c1-12-8-9-14(13(2)10-12)11-16-15-6-4-3-5-7-15/h3-10H,11H2,1-2H3. The largest absolute Gasteiger partial charge is 0.489 e. The van der Waals surface area contributed by atoms with Gasteiger partial charge in [0.05, 0.1) is 0 Å². The van der Waals surface area contributed by atoms with Crippen molar-refractivity contribution in [3.63, 3.8) is 0 Å². The highest BCUT2D eigenvalue weighted by atomic mass is 16.5. The molecule has 2 aromatic carbocycles. The molecule has 0 spiro atoms. The molecule has 0 saturated carbocycles. The lowest BCUT2D eigenvalue weighted by Crippen LogP contribution is -1.97. The van der Waals surface area contributed by atoms with Crippen LogP contribution in [0.3, 0.4) is 0 Å². The van der Waals surface area contributed by atoms with E-state index in [1.165, 1.54) is 16.7 Å². The Kier molecular flexibility index (Phi) is 3.25. The third-order valence-electron chi connectivity index (χ3n) is 2.64. The van der Waals surface area contributed by atoms with Crippen molar-refractivity contribution < 1.29 is 4.74 Å². The van der Waals surface area contributed by atoms with Crippen LogP contribution < -0.4 is 4.74 Å². The molecular formula is C15H16O. The van der Waals surface area contributed by atoms with Gasteiger partial charge in [-0.2, -0.15) is 0 Å². The molecule has 1 nitrogen and oxygen atoms in total. The summed E-state index contributed by atoms with van der Waals surface area (Å²) in [6.07, 6.45) is 0. The van der Waals surface area contributed by atoms with Gasteiger partial charge in [0.1, 0.15) is 12.4 Å². The summed E-state index contributed by atoms with van der Waals surface area (Å²) in [5.41, 5.74) is 3.83. The summed E-state index contributed by atoms with van der Waals surface area (Å²) < 4.78 is 5.71. The Labute approximate surface area is 96.7 Å². The number of hydrogen-bond donors (Lipinski definition) is 0. The van der Waals surface area contributed by atoms with Crippen LogP contribution in [-0.4, -0.2) is 0 Å². The summed E-state index contributed by atoms with van der Waals surface area (Å²) in [6, 6.07) is 16.3. The van der Waals surface area contributed by atoms with Crippen molar-refractivity contribution in [2.75, 3.05) is 0 Å². The zero-order chi connectivity index (χ0) is 11.4. The molecule has 0 aromatic heterocycles. The first-order valence-electron chi connectivity index (χ1n) is 5.50. The molecule has 0 aliphatic heterocycles. The van der Waals surface area contributed by atoms with Gasteiger partial charge in [-0.3, -0.25) is 0 Å². The second-order valence-corrected chi connectivity index (χ2v) is 4.03. The number of aryl methyl sites for hydroxylation is 2. The topological polar surface area (TPSA) is 9.23 Å². The number of ether oxygens (including phenoxy) is 1. The van der Waals surface area contributed by atoms with Crippen molar-refractivity contribution in [3.8, 4) is 5.75 Å². The van der Waals surface area contributed by atoms with Crippen LogP contribution >= 0.6 is 0 Å². The van der Waals surface area contributed by atoms with Crippen molar-refractivity contribution in [1.29, 1.82) is 0 Å². The molecule has 16 heavy (non-hydrogen) atoms. The highest BCUT2D eigenvalue weighted by molar-refractivity contribution is 5.30. The molecule has 2 aromatic rings. The fourth-order valence-corrected chi connectivity index (χ4v) is 1.69. The number of hydrogen-bond acceptors (Lipinski definition) is 1. The highest BCUT2D eigenvalue weighted by Gasteiger charge is 1.99. The SMILES string of the molecule is Cc1ccc(COc2ccccc2)c(C)c1. The summed E-state index contributed by atoms with van der Waals surface area (Å²) in [4.78, 5) is 0. The highest BCUT2D eigenvalue weighted by Crippen LogP contribution is 2.15. The van der Waals surface area contributed by atoms with Gasteiger partial charge in [0.15, 0.2) is 0 Å². The zero-order valence-electron chi connectivity index (χ0n) is 9.73. The Hall–Kier alpha value is -1.76. The Morgan fingerprint density at radius 2 is 1.69 bits per heavy atom. The van der Waals surface area contributed by atoms with Crippen molar-refractivity contribution in [1.82, 2.24) is 0 Å². The fraction of sp³-hybridized carbons (Fsp3) is 0.200. The number of benzene rings is 2. The van der Waals surface area contributed by atoms with Gasteiger partial charge in [-0.15, -0.1) is 0 Å². The molecule has 2 rings (SSSR count). The van der Waals surface area contributed by atoms with Crippen molar-refractivity contribution in [3.05, 3.63) is 65.2 Å². The monoisotopic (exact) mass is 212 g/mol. The molecule has 0 atom stereocenters. The second kappa shape index (κ2) is 4.84. The minimum Gasteiger partial charge on any atom is -0.489 e. The van der Waals surface area contributed by atoms with E-state index in [9.17, 15) is 0 Å². The Morgan fingerprint density at radius 1 is 0.938 bits per heavy atom. The van der Waals surface area contributed by atoms with Gasteiger partial charge in [-0.05, 0) is 37.1 Å². The van der Waals surface area contributed by atoms with Crippen LogP contribution in [0.1, 0.15) is 16.7 Å². The third-order valence-corrected chi connectivity index (χ3v) is 2.64. The lowest BCUT2D eigenvalue weighted by molar-refractivity contribution is 0.305.